The van der Waals surface area contributed by atoms with Gasteiger partial charge in [-0.2, -0.15) is 0 Å². The van der Waals surface area contributed by atoms with Crippen LogP contribution in [0.3, 0.4) is 0 Å². The largest absolute Gasteiger partial charge is 0.353 e. The molecule has 130 valence electrons. The molecule has 0 aliphatic rings. The number of aliphatic imine (C=N–C) groups is 1. The fourth-order valence-corrected chi connectivity index (χ4v) is 2.08. The molecule has 0 saturated heterocycles. The Kier molecular flexibility index (Phi) is 6.71. The molecule has 25 heavy (non-hydrogen) atoms. The molecule has 0 aromatic heterocycles. The van der Waals surface area contributed by atoms with Crippen LogP contribution in [0.25, 0.3) is 0 Å². The fraction of sp³-hybridized carbons (Fsp3) is 0.211. The van der Waals surface area contributed by atoms with Crippen LogP contribution in [0.15, 0.2) is 71.7 Å². The van der Waals surface area contributed by atoms with E-state index in [2.05, 4.69) is 22.2 Å². The van der Waals surface area contributed by atoms with E-state index < -0.39 is 4.92 Å². The highest BCUT2D eigenvalue weighted by atomic mass is 16.6. The lowest BCUT2D eigenvalue weighted by Gasteiger charge is -2.13. The third-order valence-corrected chi connectivity index (χ3v) is 3.43. The quantitative estimate of drug-likeness (QED) is 0.267. The predicted octanol–water partition coefficient (Wildman–Crippen LogP) is 3.41. The van der Waals surface area contributed by atoms with Crippen LogP contribution in [-0.4, -0.2) is 17.4 Å². The smallest absolute Gasteiger partial charge is 0.269 e. The number of guanidine groups is 1. The zero-order chi connectivity index (χ0) is 18.1. The minimum Gasteiger partial charge on any atom is -0.353 e. The molecule has 0 atom stereocenters. The molecule has 0 bridgehead atoms. The summed E-state index contributed by atoms with van der Waals surface area (Å²) in [5, 5.41) is 17.2. The standard InChI is InChI=1S/C19H22N4O2/c1-15(2)12-20-19(21-13-16-6-4-3-5-7-16)22-14-17-8-10-18(11-9-17)23(24)25/h3-11H,1,12-14H2,2H3,(H2,20,21,22). The average molecular weight is 338 g/mol. The van der Waals surface area contributed by atoms with Crippen LogP contribution in [0.4, 0.5) is 5.69 Å². The van der Waals surface area contributed by atoms with E-state index in [1.807, 2.05) is 37.3 Å². The Morgan fingerprint density at radius 3 is 2.36 bits per heavy atom. The maximum Gasteiger partial charge on any atom is 0.269 e. The fourth-order valence-electron chi connectivity index (χ4n) is 2.08. The second-order valence-electron chi connectivity index (χ2n) is 5.74. The molecule has 0 amide bonds. The van der Waals surface area contributed by atoms with Crippen LogP contribution in [0.2, 0.25) is 0 Å². The van der Waals surface area contributed by atoms with Crippen LogP contribution < -0.4 is 10.6 Å². The van der Waals surface area contributed by atoms with Crippen LogP contribution in [0.5, 0.6) is 0 Å². The minimum absolute atomic E-state index is 0.0853. The monoisotopic (exact) mass is 338 g/mol. The van der Waals surface area contributed by atoms with Gasteiger partial charge in [-0.1, -0.05) is 54.6 Å². The number of non-ortho nitro benzene ring substituents is 1. The minimum atomic E-state index is -0.404. The first-order valence-electron chi connectivity index (χ1n) is 7.98. The molecular formula is C19H22N4O2. The first kappa shape index (κ1) is 18.2. The summed E-state index contributed by atoms with van der Waals surface area (Å²) < 4.78 is 0. The van der Waals surface area contributed by atoms with E-state index in [0.29, 0.717) is 25.6 Å². The summed E-state index contributed by atoms with van der Waals surface area (Å²) in [5.74, 6) is 0.671. The van der Waals surface area contributed by atoms with Gasteiger partial charge in [0, 0.05) is 25.2 Å². The van der Waals surface area contributed by atoms with Gasteiger partial charge in [0.1, 0.15) is 0 Å². The Labute approximate surface area is 147 Å². The molecule has 0 fully saturated rings. The zero-order valence-electron chi connectivity index (χ0n) is 14.2. The van der Waals surface area contributed by atoms with Crippen LogP contribution >= 0.6 is 0 Å². The summed E-state index contributed by atoms with van der Waals surface area (Å²) in [4.78, 5) is 14.9. The normalized spacial score (nSPS) is 11.0. The summed E-state index contributed by atoms with van der Waals surface area (Å²) in [7, 11) is 0. The molecule has 0 spiro atoms. The van der Waals surface area contributed by atoms with Gasteiger partial charge in [0.2, 0.25) is 0 Å². The molecule has 0 saturated carbocycles. The van der Waals surface area contributed by atoms with Crippen LogP contribution in [0.1, 0.15) is 18.1 Å². The molecule has 6 heteroatoms. The highest BCUT2D eigenvalue weighted by Crippen LogP contribution is 2.11. The van der Waals surface area contributed by atoms with Gasteiger partial charge in [-0.15, -0.1) is 0 Å². The average Bonchev–Trinajstić information content (AvgIpc) is 2.62. The maximum absolute atomic E-state index is 10.7. The van der Waals surface area contributed by atoms with Crippen molar-refractivity contribution in [3.8, 4) is 0 Å². The molecular weight excluding hydrogens is 316 g/mol. The number of nitrogens with one attached hydrogen (secondary N) is 2. The highest BCUT2D eigenvalue weighted by molar-refractivity contribution is 5.80. The van der Waals surface area contributed by atoms with E-state index in [1.165, 1.54) is 12.1 Å². The van der Waals surface area contributed by atoms with Gasteiger partial charge in [-0.25, -0.2) is 4.99 Å². The first-order valence-corrected chi connectivity index (χ1v) is 7.98. The Morgan fingerprint density at radius 2 is 1.76 bits per heavy atom. The number of rotatable bonds is 7. The molecule has 0 unspecified atom stereocenters. The number of benzene rings is 2. The van der Waals surface area contributed by atoms with Crippen LogP contribution in [0, 0.1) is 10.1 Å². The van der Waals surface area contributed by atoms with Gasteiger partial charge in [0.05, 0.1) is 11.5 Å². The summed E-state index contributed by atoms with van der Waals surface area (Å²) in [6, 6.07) is 16.5. The molecule has 0 aliphatic heterocycles. The lowest BCUT2D eigenvalue weighted by atomic mass is 10.2. The van der Waals surface area contributed by atoms with E-state index in [0.717, 1.165) is 16.7 Å². The van der Waals surface area contributed by atoms with Crippen molar-refractivity contribution in [2.45, 2.75) is 20.0 Å². The van der Waals surface area contributed by atoms with Gasteiger partial charge in [-0.3, -0.25) is 10.1 Å². The third-order valence-electron chi connectivity index (χ3n) is 3.43. The molecule has 2 N–H and O–H groups in total. The summed E-state index contributed by atoms with van der Waals surface area (Å²) in [6.07, 6.45) is 0. The second kappa shape index (κ2) is 9.22. The summed E-state index contributed by atoms with van der Waals surface area (Å²) in [5.41, 5.74) is 3.15. The number of hydrogen-bond acceptors (Lipinski definition) is 3. The molecule has 6 nitrogen and oxygen atoms in total. The number of nitro groups is 1. The van der Waals surface area contributed by atoms with E-state index >= 15 is 0 Å². The Morgan fingerprint density at radius 1 is 1.08 bits per heavy atom. The van der Waals surface area contributed by atoms with Crippen molar-refractivity contribution in [3.63, 3.8) is 0 Å². The van der Waals surface area contributed by atoms with E-state index in [4.69, 9.17) is 0 Å². The zero-order valence-corrected chi connectivity index (χ0v) is 14.2. The Bertz CT molecular complexity index is 740. The molecule has 0 radical (unpaired) electrons. The highest BCUT2D eigenvalue weighted by Gasteiger charge is 2.05. The maximum atomic E-state index is 10.7. The van der Waals surface area contributed by atoms with Gasteiger partial charge < -0.3 is 10.6 Å². The van der Waals surface area contributed by atoms with Gasteiger partial charge in [-0.05, 0) is 18.1 Å². The van der Waals surface area contributed by atoms with Crippen molar-refractivity contribution in [3.05, 3.63) is 88.0 Å². The predicted molar refractivity (Wildman–Crippen MR) is 100 cm³/mol. The topological polar surface area (TPSA) is 79.6 Å². The van der Waals surface area contributed by atoms with E-state index in [9.17, 15) is 10.1 Å². The van der Waals surface area contributed by atoms with Crippen molar-refractivity contribution in [2.75, 3.05) is 6.54 Å². The van der Waals surface area contributed by atoms with Crippen molar-refractivity contribution < 1.29 is 4.92 Å². The molecule has 0 heterocycles. The van der Waals surface area contributed by atoms with Crippen molar-refractivity contribution in [1.82, 2.24) is 10.6 Å². The SMILES string of the molecule is C=C(C)CNC(=NCc1ccccc1)NCc1ccc([N+](=O)[O-])cc1. The van der Waals surface area contributed by atoms with E-state index in [1.54, 1.807) is 12.1 Å². The Balaban J connectivity index is 1.99. The number of nitro benzene ring substituents is 1. The molecule has 2 aromatic rings. The van der Waals surface area contributed by atoms with Gasteiger partial charge in [0.25, 0.3) is 5.69 Å². The second-order valence-corrected chi connectivity index (χ2v) is 5.74. The van der Waals surface area contributed by atoms with Crippen molar-refractivity contribution in [2.24, 2.45) is 4.99 Å². The van der Waals surface area contributed by atoms with Crippen molar-refractivity contribution in [1.29, 1.82) is 0 Å². The van der Waals surface area contributed by atoms with Crippen molar-refractivity contribution >= 4 is 11.6 Å². The summed E-state index contributed by atoms with van der Waals surface area (Å²) in [6.45, 7) is 7.53. The molecule has 2 aromatic carbocycles. The van der Waals surface area contributed by atoms with E-state index in [-0.39, 0.29) is 5.69 Å². The lowest BCUT2D eigenvalue weighted by molar-refractivity contribution is -0.384. The van der Waals surface area contributed by atoms with Gasteiger partial charge >= 0.3 is 0 Å². The lowest BCUT2D eigenvalue weighted by Crippen LogP contribution is -2.37. The number of hydrogen-bond donors (Lipinski definition) is 2. The third kappa shape index (κ3) is 6.47. The molecule has 0 aliphatic carbocycles. The van der Waals surface area contributed by atoms with Gasteiger partial charge in [0.15, 0.2) is 5.96 Å². The number of nitrogens with zero attached hydrogens (tertiary/aromatic N) is 2. The molecule has 2 rings (SSSR count). The van der Waals surface area contributed by atoms with Crippen LogP contribution in [-0.2, 0) is 13.1 Å². The Hall–Kier alpha value is -3.15. The summed E-state index contributed by atoms with van der Waals surface area (Å²) >= 11 is 0. The first-order chi connectivity index (χ1) is 12.0.